The summed E-state index contributed by atoms with van der Waals surface area (Å²) < 4.78 is 0. The molecular formula is C17H20N4. The van der Waals surface area contributed by atoms with E-state index in [9.17, 15) is 0 Å². The summed E-state index contributed by atoms with van der Waals surface area (Å²) in [5, 5.41) is 8.90. The molecule has 0 bridgehead atoms. The molecule has 0 aliphatic heterocycles. The molecule has 0 spiro atoms. The zero-order chi connectivity index (χ0) is 15.2. The molecule has 0 saturated carbocycles. The first-order valence-corrected chi connectivity index (χ1v) is 6.89. The van der Waals surface area contributed by atoms with Crippen LogP contribution in [-0.4, -0.2) is 31.0 Å². The predicted octanol–water partition coefficient (Wildman–Crippen LogP) is 2.65. The van der Waals surface area contributed by atoms with Gasteiger partial charge in [0.05, 0.1) is 0 Å². The van der Waals surface area contributed by atoms with E-state index in [1.165, 1.54) is 11.1 Å². The molecule has 0 aliphatic carbocycles. The number of hydrogen-bond acceptors (Lipinski definition) is 4. The minimum atomic E-state index is 0.445. The molecule has 0 radical (unpaired) electrons. The topological polar surface area (TPSA) is 43.2 Å². The number of hydrogen-bond donors (Lipinski definition) is 0. The number of rotatable bonds is 5. The van der Waals surface area contributed by atoms with Crippen molar-refractivity contribution in [2.45, 2.75) is 13.1 Å². The SMILES string of the molecule is CN(C)Cc1ccc(CN(C)c2cccc(C#N)n2)cc1. The molecule has 0 aliphatic rings. The Hall–Kier alpha value is -2.38. The van der Waals surface area contributed by atoms with Crippen LogP contribution < -0.4 is 4.90 Å². The van der Waals surface area contributed by atoms with Crippen LogP contribution in [0.3, 0.4) is 0 Å². The van der Waals surface area contributed by atoms with Crippen molar-refractivity contribution in [2.24, 2.45) is 0 Å². The highest BCUT2D eigenvalue weighted by Gasteiger charge is 2.05. The second-order valence-electron chi connectivity index (χ2n) is 5.40. The zero-order valence-corrected chi connectivity index (χ0v) is 12.7. The molecule has 2 aromatic rings. The lowest BCUT2D eigenvalue weighted by molar-refractivity contribution is 0.402. The molecule has 0 N–H and O–H groups in total. The van der Waals surface area contributed by atoms with Crippen molar-refractivity contribution in [1.29, 1.82) is 5.26 Å². The van der Waals surface area contributed by atoms with E-state index in [-0.39, 0.29) is 0 Å². The van der Waals surface area contributed by atoms with Crippen molar-refractivity contribution < 1.29 is 0 Å². The van der Waals surface area contributed by atoms with Gasteiger partial charge in [0.2, 0.25) is 0 Å². The van der Waals surface area contributed by atoms with E-state index in [2.05, 4.69) is 54.3 Å². The smallest absolute Gasteiger partial charge is 0.142 e. The van der Waals surface area contributed by atoms with Gasteiger partial charge in [-0.2, -0.15) is 5.26 Å². The lowest BCUT2D eigenvalue weighted by Gasteiger charge is -2.18. The summed E-state index contributed by atoms with van der Waals surface area (Å²) >= 11 is 0. The van der Waals surface area contributed by atoms with Gasteiger partial charge in [0.1, 0.15) is 17.6 Å². The molecule has 1 aromatic heterocycles. The monoisotopic (exact) mass is 280 g/mol. The van der Waals surface area contributed by atoms with Crippen LogP contribution in [0, 0.1) is 11.3 Å². The standard InChI is InChI=1S/C17H20N4/c1-20(2)12-14-7-9-15(10-8-14)13-21(3)17-6-4-5-16(11-18)19-17/h4-10H,12-13H2,1-3H3. The van der Waals surface area contributed by atoms with E-state index in [4.69, 9.17) is 5.26 Å². The van der Waals surface area contributed by atoms with Crippen LogP contribution in [0.2, 0.25) is 0 Å². The fourth-order valence-corrected chi connectivity index (χ4v) is 2.17. The molecular weight excluding hydrogens is 260 g/mol. The van der Waals surface area contributed by atoms with Crippen molar-refractivity contribution >= 4 is 5.82 Å². The van der Waals surface area contributed by atoms with E-state index in [1.807, 2.05) is 24.1 Å². The number of aromatic nitrogens is 1. The van der Waals surface area contributed by atoms with E-state index in [0.717, 1.165) is 18.9 Å². The van der Waals surface area contributed by atoms with E-state index < -0.39 is 0 Å². The Morgan fingerprint density at radius 3 is 2.14 bits per heavy atom. The van der Waals surface area contributed by atoms with Gasteiger partial charge in [0, 0.05) is 20.1 Å². The fraction of sp³-hybridized carbons (Fsp3) is 0.294. The van der Waals surface area contributed by atoms with Gasteiger partial charge in [0.15, 0.2) is 0 Å². The van der Waals surface area contributed by atoms with Crippen molar-refractivity contribution in [3.05, 3.63) is 59.3 Å². The maximum atomic E-state index is 8.90. The Bertz CT molecular complexity index is 626. The van der Waals surface area contributed by atoms with Crippen LogP contribution in [-0.2, 0) is 13.1 Å². The quantitative estimate of drug-likeness (QED) is 0.844. The molecule has 108 valence electrons. The number of anilines is 1. The second-order valence-corrected chi connectivity index (χ2v) is 5.40. The molecule has 0 saturated heterocycles. The normalized spacial score (nSPS) is 10.4. The molecule has 1 aromatic carbocycles. The molecule has 4 nitrogen and oxygen atoms in total. The Morgan fingerprint density at radius 2 is 1.57 bits per heavy atom. The summed E-state index contributed by atoms with van der Waals surface area (Å²) in [6.07, 6.45) is 0. The predicted molar refractivity (Wildman–Crippen MR) is 84.9 cm³/mol. The second kappa shape index (κ2) is 6.87. The van der Waals surface area contributed by atoms with Crippen LogP contribution in [0.1, 0.15) is 16.8 Å². The van der Waals surface area contributed by atoms with Crippen LogP contribution >= 0.6 is 0 Å². The first-order valence-electron chi connectivity index (χ1n) is 6.89. The van der Waals surface area contributed by atoms with E-state index >= 15 is 0 Å². The first kappa shape index (κ1) is 15.0. The molecule has 2 rings (SSSR count). The third-order valence-electron chi connectivity index (χ3n) is 3.18. The first-order chi connectivity index (χ1) is 10.1. The van der Waals surface area contributed by atoms with E-state index in [0.29, 0.717) is 5.69 Å². The zero-order valence-electron chi connectivity index (χ0n) is 12.7. The van der Waals surface area contributed by atoms with Gasteiger partial charge in [-0.05, 0) is 37.4 Å². The summed E-state index contributed by atoms with van der Waals surface area (Å²) in [6.45, 7) is 1.71. The van der Waals surface area contributed by atoms with Crippen molar-refractivity contribution in [2.75, 3.05) is 26.0 Å². The van der Waals surface area contributed by atoms with E-state index in [1.54, 1.807) is 6.07 Å². The highest BCUT2D eigenvalue weighted by molar-refractivity contribution is 5.41. The van der Waals surface area contributed by atoms with Crippen molar-refractivity contribution in [3.63, 3.8) is 0 Å². The molecule has 4 heteroatoms. The summed E-state index contributed by atoms with van der Waals surface area (Å²) in [5.41, 5.74) is 2.97. The Balaban J connectivity index is 2.05. The molecule has 0 unspecified atom stereocenters. The van der Waals surface area contributed by atoms with Gasteiger partial charge in [-0.25, -0.2) is 4.98 Å². The summed E-state index contributed by atoms with van der Waals surface area (Å²) in [6, 6.07) is 16.2. The van der Waals surface area contributed by atoms with Crippen LogP contribution in [0.4, 0.5) is 5.82 Å². The van der Waals surface area contributed by atoms with Crippen molar-refractivity contribution in [1.82, 2.24) is 9.88 Å². The molecule has 21 heavy (non-hydrogen) atoms. The average molecular weight is 280 g/mol. The largest absolute Gasteiger partial charge is 0.355 e. The summed E-state index contributed by atoms with van der Waals surface area (Å²) in [4.78, 5) is 8.50. The fourth-order valence-electron chi connectivity index (χ4n) is 2.17. The number of nitriles is 1. The maximum Gasteiger partial charge on any atom is 0.142 e. The van der Waals surface area contributed by atoms with Gasteiger partial charge in [-0.15, -0.1) is 0 Å². The minimum Gasteiger partial charge on any atom is -0.355 e. The number of benzene rings is 1. The van der Waals surface area contributed by atoms with Crippen LogP contribution in [0.15, 0.2) is 42.5 Å². The Labute approximate surface area is 126 Å². The lowest BCUT2D eigenvalue weighted by Crippen LogP contribution is -2.18. The third-order valence-corrected chi connectivity index (χ3v) is 3.18. The molecule has 0 fully saturated rings. The number of nitrogens with zero attached hydrogens (tertiary/aromatic N) is 4. The van der Waals surface area contributed by atoms with Gasteiger partial charge >= 0.3 is 0 Å². The molecule has 0 amide bonds. The molecule has 1 heterocycles. The van der Waals surface area contributed by atoms with Gasteiger partial charge < -0.3 is 9.80 Å². The highest BCUT2D eigenvalue weighted by atomic mass is 15.2. The lowest BCUT2D eigenvalue weighted by atomic mass is 10.1. The summed E-state index contributed by atoms with van der Waals surface area (Å²) in [5.74, 6) is 0.811. The van der Waals surface area contributed by atoms with Crippen LogP contribution in [0.5, 0.6) is 0 Å². The summed E-state index contributed by atoms with van der Waals surface area (Å²) in [7, 11) is 6.11. The van der Waals surface area contributed by atoms with Crippen LogP contribution in [0.25, 0.3) is 0 Å². The maximum absolute atomic E-state index is 8.90. The molecule has 0 atom stereocenters. The minimum absolute atomic E-state index is 0.445. The number of pyridine rings is 1. The van der Waals surface area contributed by atoms with Gasteiger partial charge in [0.25, 0.3) is 0 Å². The van der Waals surface area contributed by atoms with Crippen molar-refractivity contribution in [3.8, 4) is 6.07 Å². The highest BCUT2D eigenvalue weighted by Crippen LogP contribution is 2.14. The average Bonchev–Trinajstić information content (AvgIpc) is 2.49. The Morgan fingerprint density at radius 1 is 0.952 bits per heavy atom. The Kier molecular flexibility index (Phi) is 4.91. The van der Waals surface area contributed by atoms with Gasteiger partial charge in [-0.1, -0.05) is 30.3 Å². The van der Waals surface area contributed by atoms with Gasteiger partial charge in [-0.3, -0.25) is 0 Å². The third kappa shape index (κ3) is 4.30.